The van der Waals surface area contributed by atoms with E-state index in [1.165, 1.54) is 43.8 Å². The lowest BCUT2D eigenvalue weighted by atomic mass is 9.85. The number of hydrogen-bond acceptors (Lipinski definition) is 1. The molecule has 9 rings (SSSR count). The molecule has 0 aliphatic rings. The Kier molecular flexibility index (Phi) is 10.1. The first-order chi connectivity index (χ1) is 30.6. The van der Waals surface area contributed by atoms with Crippen LogP contribution in [0.4, 0.5) is 5.69 Å². The second-order valence-electron chi connectivity index (χ2n) is 22.3. The molecule has 0 aliphatic carbocycles. The highest BCUT2D eigenvalue weighted by molar-refractivity contribution is 6.12. The molecule has 9 aromatic rings. The molecule has 0 unspecified atom stereocenters. The molecule has 324 valence electrons. The maximum Gasteiger partial charge on any atom is 0.195 e. The Morgan fingerprint density at radius 1 is 0.446 bits per heavy atom. The normalized spacial score (nSPS) is 12.7. The fourth-order valence-electron chi connectivity index (χ4n) is 9.60. The molecule has 2 heterocycles. The number of hydrogen-bond donors (Lipinski definition) is 0. The Balaban J connectivity index is 1.38. The van der Waals surface area contributed by atoms with Crippen molar-refractivity contribution < 1.29 is 0 Å². The highest BCUT2D eigenvalue weighted by Gasteiger charge is 2.25. The van der Waals surface area contributed by atoms with Crippen molar-refractivity contribution in [3.05, 3.63) is 172 Å². The Morgan fingerprint density at radius 2 is 0.892 bits per heavy atom. The minimum absolute atomic E-state index is 0.0150. The molecule has 7 aromatic carbocycles. The standard InChI is InChI=1S/C61H60N4/c1-37-29-38(36-62)15-22-45(37)39-16-24-55(65-56-27-19-42(60(8,9)10)33-50(56)51-34-43(61(11,12)13)20-28-57(51)65)47(30-39)46-35-44(21-23-52(46)63-14)64-53-25-17-40(58(2,3)4)31-48(53)49-32-41(59(5,6)7)18-26-54(49)64/h15-35H,1-13H3. The summed E-state index contributed by atoms with van der Waals surface area (Å²) < 4.78 is 4.80. The van der Waals surface area contributed by atoms with Gasteiger partial charge >= 0.3 is 0 Å². The predicted molar refractivity (Wildman–Crippen MR) is 277 cm³/mol. The molecular formula is C61H60N4. The van der Waals surface area contributed by atoms with Gasteiger partial charge in [-0.2, -0.15) is 5.26 Å². The van der Waals surface area contributed by atoms with Gasteiger partial charge in [0, 0.05) is 27.2 Å². The first-order valence-electron chi connectivity index (χ1n) is 22.9. The van der Waals surface area contributed by atoms with Crippen LogP contribution in [0.15, 0.2) is 127 Å². The average molecular weight is 849 g/mol. The third-order valence-corrected chi connectivity index (χ3v) is 13.5. The van der Waals surface area contributed by atoms with Crippen molar-refractivity contribution in [2.45, 2.75) is 112 Å². The topological polar surface area (TPSA) is 38.0 Å². The fraction of sp³-hybridized carbons (Fsp3) is 0.279. The molecule has 2 aromatic heterocycles. The first kappa shape index (κ1) is 43.4. The predicted octanol–water partition coefficient (Wildman–Crippen LogP) is 17.1. The summed E-state index contributed by atoms with van der Waals surface area (Å²) in [4.78, 5) is 4.23. The summed E-state index contributed by atoms with van der Waals surface area (Å²) in [5.74, 6) is 0. The smallest absolute Gasteiger partial charge is 0.195 e. The molecule has 0 saturated heterocycles. The van der Waals surface area contributed by atoms with Crippen LogP contribution in [0.5, 0.6) is 0 Å². The number of aromatic nitrogens is 2. The van der Waals surface area contributed by atoms with E-state index in [1.54, 1.807) is 0 Å². The molecule has 0 aliphatic heterocycles. The van der Waals surface area contributed by atoms with Crippen LogP contribution >= 0.6 is 0 Å². The summed E-state index contributed by atoms with van der Waals surface area (Å²) in [5.41, 5.74) is 17.7. The van der Waals surface area contributed by atoms with Gasteiger partial charge in [0.15, 0.2) is 5.69 Å². The maximum absolute atomic E-state index is 9.76. The number of nitriles is 1. The van der Waals surface area contributed by atoms with E-state index >= 15 is 0 Å². The lowest BCUT2D eigenvalue weighted by Crippen LogP contribution is -2.10. The van der Waals surface area contributed by atoms with Crippen molar-refractivity contribution in [3.63, 3.8) is 0 Å². The van der Waals surface area contributed by atoms with Crippen LogP contribution in [0, 0.1) is 24.8 Å². The molecule has 0 amide bonds. The maximum atomic E-state index is 9.76. The molecule has 0 fully saturated rings. The minimum atomic E-state index is -0.0313. The summed E-state index contributed by atoms with van der Waals surface area (Å²) in [6, 6.07) is 49.1. The van der Waals surface area contributed by atoms with Crippen LogP contribution in [-0.2, 0) is 21.7 Å². The van der Waals surface area contributed by atoms with Gasteiger partial charge in [-0.3, -0.25) is 0 Å². The van der Waals surface area contributed by atoms with Crippen LogP contribution in [0.1, 0.15) is 116 Å². The summed E-state index contributed by atoms with van der Waals surface area (Å²) in [5, 5.41) is 14.6. The van der Waals surface area contributed by atoms with Gasteiger partial charge in [0.25, 0.3) is 0 Å². The third-order valence-electron chi connectivity index (χ3n) is 13.5. The van der Waals surface area contributed by atoms with Gasteiger partial charge in [-0.05, 0) is 164 Å². The van der Waals surface area contributed by atoms with E-state index in [0.717, 1.165) is 61.3 Å². The van der Waals surface area contributed by atoms with E-state index in [9.17, 15) is 5.26 Å². The Labute approximate surface area is 385 Å². The van der Waals surface area contributed by atoms with Crippen LogP contribution in [0.2, 0.25) is 0 Å². The average Bonchev–Trinajstić information content (AvgIpc) is 3.76. The quantitative estimate of drug-likeness (QED) is 0.163. The SMILES string of the molecule is [C-]#[N+]c1ccc(-n2c3ccc(C(C)(C)C)cc3c3cc(C(C)(C)C)ccc32)cc1-c1cc(-c2ccc(C#N)cc2C)ccc1-n1c2ccc(C(C)(C)C)cc2c2cc(C(C)(C)C)ccc21. The van der Waals surface area contributed by atoms with Gasteiger partial charge in [-0.15, -0.1) is 0 Å². The number of fused-ring (bicyclic) bond motifs is 6. The van der Waals surface area contributed by atoms with Gasteiger partial charge in [-0.1, -0.05) is 126 Å². The van der Waals surface area contributed by atoms with E-state index in [-0.39, 0.29) is 21.7 Å². The van der Waals surface area contributed by atoms with Crippen LogP contribution < -0.4 is 0 Å². The second kappa shape index (κ2) is 15.1. The Hall–Kier alpha value is -6.88. The summed E-state index contributed by atoms with van der Waals surface area (Å²) >= 11 is 0. The fourth-order valence-corrected chi connectivity index (χ4v) is 9.60. The number of rotatable bonds is 4. The zero-order valence-electron chi connectivity index (χ0n) is 40.4. The third kappa shape index (κ3) is 7.50. The van der Waals surface area contributed by atoms with Crippen molar-refractivity contribution in [3.8, 4) is 39.7 Å². The van der Waals surface area contributed by atoms with Crippen molar-refractivity contribution in [1.82, 2.24) is 9.13 Å². The first-order valence-corrected chi connectivity index (χ1v) is 22.9. The molecule has 4 nitrogen and oxygen atoms in total. The molecule has 0 radical (unpaired) electrons. The Morgan fingerprint density at radius 3 is 1.29 bits per heavy atom. The van der Waals surface area contributed by atoms with Crippen molar-refractivity contribution in [1.29, 1.82) is 5.26 Å². The van der Waals surface area contributed by atoms with Crippen molar-refractivity contribution >= 4 is 49.3 Å². The molecule has 0 saturated carbocycles. The van der Waals surface area contributed by atoms with Gasteiger partial charge in [0.2, 0.25) is 0 Å². The van der Waals surface area contributed by atoms with Gasteiger partial charge < -0.3 is 9.13 Å². The number of aryl methyl sites for hydroxylation is 1. The van der Waals surface area contributed by atoms with E-state index in [2.05, 4.69) is 219 Å². The lowest BCUT2D eigenvalue weighted by molar-refractivity contribution is 0.590. The summed E-state index contributed by atoms with van der Waals surface area (Å²) in [7, 11) is 0. The summed E-state index contributed by atoms with van der Waals surface area (Å²) in [6.07, 6.45) is 0. The van der Waals surface area contributed by atoms with Crippen LogP contribution in [0.3, 0.4) is 0 Å². The summed E-state index contributed by atoms with van der Waals surface area (Å²) in [6.45, 7) is 38.0. The molecule has 0 bridgehead atoms. The minimum Gasteiger partial charge on any atom is -0.309 e. The van der Waals surface area contributed by atoms with E-state index in [0.29, 0.717) is 11.3 Å². The molecule has 0 atom stereocenters. The van der Waals surface area contributed by atoms with Gasteiger partial charge in [-0.25, -0.2) is 4.85 Å². The zero-order chi connectivity index (χ0) is 46.5. The monoisotopic (exact) mass is 848 g/mol. The zero-order valence-corrected chi connectivity index (χ0v) is 40.4. The number of nitrogens with zero attached hydrogens (tertiary/aromatic N) is 4. The van der Waals surface area contributed by atoms with E-state index < -0.39 is 0 Å². The Bertz CT molecular complexity index is 3350. The molecule has 65 heavy (non-hydrogen) atoms. The molecule has 0 N–H and O–H groups in total. The molecule has 4 heteroatoms. The van der Waals surface area contributed by atoms with E-state index in [1.807, 2.05) is 18.2 Å². The van der Waals surface area contributed by atoms with Crippen LogP contribution in [0.25, 0.3) is 82.1 Å². The van der Waals surface area contributed by atoms with Crippen LogP contribution in [-0.4, -0.2) is 9.13 Å². The van der Waals surface area contributed by atoms with E-state index in [4.69, 9.17) is 6.57 Å². The van der Waals surface area contributed by atoms with Crippen molar-refractivity contribution in [2.24, 2.45) is 0 Å². The second-order valence-corrected chi connectivity index (χ2v) is 22.3. The highest BCUT2D eigenvalue weighted by Crippen LogP contribution is 2.45. The highest BCUT2D eigenvalue weighted by atomic mass is 15.0. The van der Waals surface area contributed by atoms with Gasteiger partial charge in [0.05, 0.1) is 46.0 Å². The van der Waals surface area contributed by atoms with Crippen molar-refractivity contribution in [2.75, 3.05) is 0 Å². The molecular weight excluding hydrogens is 789 g/mol. The van der Waals surface area contributed by atoms with Gasteiger partial charge in [0.1, 0.15) is 0 Å². The number of benzene rings is 7. The lowest BCUT2D eigenvalue weighted by Gasteiger charge is -2.21. The largest absolute Gasteiger partial charge is 0.309 e. The molecule has 0 spiro atoms.